The first kappa shape index (κ1) is 42.8. The van der Waals surface area contributed by atoms with Crippen molar-refractivity contribution in [3.63, 3.8) is 0 Å². The Labute approximate surface area is 124 Å². The van der Waals surface area contributed by atoms with Crippen LogP contribution in [0.5, 0.6) is 0 Å². The lowest BCUT2D eigenvalue weighted by Crippen LogP contribution is -2.22. The predicted octanol–water partition coefficient (Wildman–Crippen LogP) is 3.99. The molecule has 0 aromatic heterocycles. The smallest absolute Gasteiger partial charge is 0.0781 e. The molecule has 0 fully saturated rings. The van der Waals surface area contributed by atoms with Crippen molar-refractivity contribution in [1.29, 1.82) is 0 Å². The minimum absolute atomic E-state index is 0. The lowest BCUT2D eigenvalue weighted by Gasteiger charge is -2.14. The van der Waals surface area contributed by atoms with Gasteiger partial charge in [0.15, 0.2) is 0 Å². The standard InChI is InChI=1S/C9H20O4.6CH4/c1-3-9(11)7-12-6-8(2)13-5-4-10;;;;;;/h8-11H,3-7H2,1-2H3;6*1H4. The molecular formula is C15H44O4. The van der Waals surface area contributed by atoms with E-state index in [4.69, 9.17) is 19.7 Å². The maximum Gasteiger partial charge on any atom is 0.0781 e. The first-order valence-electron chi connectivity index (χ1n) is 4.69. The number of rotatable bonds is 8. The molecule has 0 aliphatic rings. The summed E-state index contributed by atoms with van der Waals surface area (Å²) in [4.78, 5) is 0. The van der Waals surface area contributed by atoms with Gasteiger partial charge in [0.05, 0.1) is 38.6 Å². The van der Waals surface area contributed by atoms with E-state index in [1.54, 1.807) is 0 Å². The monoisotopic (exact) mass is 288 g/mol. The molecule has 19 heavy (non-hydrogen) atoms. The summed E-state index contributed by atoms with van der Waals surface area (Å²) < 4.78 is 10.3. The van der Waals surface area contributed by atoms with Crippen LogP contribution in [-0.4, -0.2) is 48.8 Å². The predicted molar refractivity (Wildman–Crippen MR) is 90.0 cm³/mol. The molecule has 0 aliphatic heterocycles. The summed E-state index contributed by atoms with van der Waals surface area (Å²) in [5.74, 6) is 0. The molecule has 0 amide bonds. The summed E-state index contributed by atoms with van der Waals surface area (Å²) in [5, 5.41) is 17.6. The molecule has 0 heterocycles. The summed E-state index contributed by atoms with van der Waals surface area (Å²) in [7, 11) is 0. The minimum atomic E-state index is -0.384. The molecule has 2 unspecified atom stereocenters. The number of hydrogen-bond donors (Lipinski definition) is 2. The maximum absolute atomic E-state index is 9.14. The largest absolute Gasteiger partial charge is 0.394 e. The lowest BCUT2D eigenvalue weighted by atomic mass is 10.3. The summed E-state index contributed by atoms with van der Waals surface area (Å²) in [6.45, 7) is 4.94. The van der Waals surface area contributed by atoms with Gasteiger partial charge in [0, 0.05) is 0 Å². The van der Waals surface area contributed by atoms with Crippen LogP contribution in [0.1, 0.15) is 64.8 Å². The summed E-state index contributed by atoms with van der Waals surface area (Å²) >= 11 is 0. The van der Waals surface area contributed by atoms with Crippen LogP contribution in [0, 0.1) is 0 Å². The van der Waals surface area contributed by atoms with Crippen LogP contribution < -0.4 is 0 Å². The Morgan fingerprint density at radius 3 is 1.79 bits per heavy atom. The highest BCUT2D eigenvalue weighted by atomic mass is 16.5. The van der Waals surface area contributed by atoms with E-state index in [0.717, 1.165) is 0 Å². The second-order valence-electron chi connectivity index (χ2n) is 3.00. The number of aliphatic hydroxyl groups excluding tert-OH is 2. The van der Waals surface area contributed by atoms with Crippen LogP contribution in [0.15, 0.2) is 0 Å². The number of aliphatic hydroxyl groups is 2. The van der Waals surface area contributed by atoms with Crippen LogP contribution in [0.4, 0.5) is 0 Å². The zero-order valence-electron chi connectivity index (χ0n) is 8.40. The van der Waals surface area contributed by atoms with Crippen molar-refractivity contribution in [2.24, 2.45) is 0 Å². The van der Waals surface area contributed by atoms with E-state index in [-0.39, 0.29) is 63.4 Å². The van der Waals surface area contributed by atoms with E-state index in [1.807, 2.05) is 13.8 Å². The average molecular weight is 289 g/mol. The van der Waals surface area contributed by atoms with E-state index < -0.39 is 0 Å². The molecule has 2 N–H and O–H groups in total. The SMILES string of the molecule is C.C.C.C.C.C.CCC(O)COCC(C)OCCO. The van der Waals surface area contributed by atoms with Gasteiger partial charge in [-0.05, 0) is 13.3 Å². The first-order valence-corrected chi connectivity index (χ1v) is 4.69. The van der Waals surface area contributed by atoms with Gasteiger partial charge in [-0.15, -0.1) is 0 Å². The van der Waals surface area contributed by atoms with Gasteiger partial charge in [-0.1, -0.05) is 51.5 Å². The van der Waals surface area contributed by atoms with Gasteiger partial charge in [-0.25, -0.2) is 0 Å². The normalized spacial score (nSPS) is 10.7. The van der Waals surface area contributed by atoms with Crippen LogP contribution in [0.3, 0.4) is 0 Å². The van der Waals surface area contributed by atoms with Crippen molar-refractivity contribution in [3.05, 3.63) is 0 Å². The molecule has 0 spiro atoms. The molecular weight excluding hydrogens is 244 g/mol. The van der Waals surface area contributed by atoms with Crippen LogP contribution >= 0.6 is 0 Å². The Hall–Kier alpha value is -0.160. The van der Waals surface area contributed by atoms with Crippen molar-refractivity contribution in [2.45, 2.75) is 77.0 Å². The Bertz CT molecular complexity index is 110. The van der Waals surface area contributed by atoms with E-state index in [9.17, 15) is 0 Å². The van der Waals surface area contributed by atoms with Crippen LogP contribution in [0.25, 0.3) is 0 Å². The zero-order valence-corrected chi connectivity index (χ0v) is 8.40. The van der Waals surface area contributed by atoms with Gasteiger partial charge in [-0.2, -0.15) is 0 Å². The fourth-order valence-electron chi connectivity index (χ4n) is 0.790. The van der Waals surface area contributed by atoms with Crippen molar-refractivity contribution < 1.29 is 19.7 Å². The molecule has 0 bridgehead atoms. The van der Waals surface area contributed by atoms with Gasteiger partial charge >= 0.3 is 0 Å². The molecule has 2 atom stereocenters. The van der Waals surface area contributed by atoms with E-state index in [0.29, 0.717) is 26.2 Å². The van der Waals surface area contributed by atoms with Crippen molar-refractivity contribution in [3.8, 4) is 0 Å². The second-order valence-corrected chi connectivity index (χ2v) is 3.00. The van der Waals surface area contributed by atoms with Crippen LogP contribution in [0.2, 0.25) is 0 Å². The van der Waals surface area contributed by atoms with Crippen molar-refractivity contribution in [2.75, 3.05) is 26.4 Å². The molecule has 0 saturated carbocycles. The third kappa shape index (κ3) is 31.9. The number of ether oxygens (including phenoxy) is 2. The lowest BCUT2D eigenvalue weighted by molar-refractivity contribution is -0.0392. The molecule has 4 heteroatoms. The van der Waals surface area contributed by atoms with E-state index >= 15 is 0 Å². The Balaban J connectivity index is -0.0000000480. The molecule has 4 nitrogen and oxygen atoms in total. The second kappa shape index (κ2) is 30.7. The van der Waals surface area contributed by atoms with E-state index in [1.165, 1.54) is 0 Å². The van der Waals surface area contributed by atoms with Crippen LogP contribution in [-0.2, 0) is 9.47 Å². The van der Waals surface area contributed by atoms with Gasteiger partial charge in [0.25, 0.3) is 0 Å². The summed E-state index contributed by atoms with van der Waals surface area (Å²) in [5.41, 5.74) is 0. The summed E-state index contributed by atoms with van der Waals surface area (Å²) in [6.07, 6.45) is 0.285. The summed E-state index contributed by atoms with van der Waals surface area (Å²) in [6, 6.07) is 0. The van der Waals surface area contributed by atoms with Gasteiger partial charge in [0.2, 0.25) is 0 Å². The Morgan fingerprint density at radius 1 is 0.947 bits per heavy atom. The Kier molecular flexibility index (Phi) is 69.1. The maximum atomic E-state index is 9.14. The molecule has 128 valence electrons. The van der Waals surface area contributed by atoms with Gasteiger partial charge < -0.3 is 19.7 Å². The average Bonchev–Trinajstić information content (AvgIpc) is 2.14. The molecule has 0 rings (SSSR count). The third-order valence-corrected chi connectivity index (χ3v) is 1.63. The number of hydrogen-bond acceptors (Lipinski definition) is 4. The van der Waals surface area contributed by atoms with Crippen molar-refractivity contribution >= 4 is 0 Å². The first-order chi connectivity index (χ1) is 6.20. The van der Waals surface area contributed by atoms with Gasteiger partial charge in [-0.3, -0.25) is 0 Å². The highest BCUT2D eigenvalue weighted by Crippen LogP contribution is 1.95. The van der Waals surface area contributed by atoms with Crippen molar-refractivity contribution in [1.82, 2.24) is 0 Å². The van der Waals surface area contributed by atoms with E-state index in [2.05, 4.69) is 0 Å². The minimum Gasteiger partial charge on any atom is -0.394 e. The third-order valence-electron chi connectivity index (χ3n) is 1.63. The fraction of sp³-hybridized carbons (Fsp3) is 1.00. The molecule has 0 aromatic rings. The quantitative estimate of drug-likeness (QED) is 0.709. The molecule has 0 radical (unpaired) electrons. The molecule has 0 saturated heterocycles. The zero-order chi connectivity index (χ0) is 10.1. The highest BCUT2D eigenvalue weighted by Gasteiger charge is 2.04. The fourth-order valence-corrected chi connectivity index (χ4v) is 0.790. The molecule has 0 aromatic carbocycles. The van der Waals surface area contributed by atoms with Gasteiger partial charge in [0.1, 0.15) is 0 Å². The highest BCUT2D eigenvalue weighted by molar-refractivity contribution is 4.51. The topological polar surface area (TPSA) is 58.9 Å². The Morgan fingerprint density at radius 2 is 1.42 bits per heavy atom. The molecule has 0 aliphatic carbocycles.